The van der Waals surface area contributed by atoms with E-state index >= 15 is 0 Å². The number of hydrogen-bond donors (Lipinski definition) is 2. The van der Waals surface area contributed by atoms with Crippen molar-refractivity contribution < 1.29 is 19.1 Å². The zero-order chi connectivity index (χ0) is 23.7. The average molecular weight is 464 g/mol. The zero-order valence-electron chi connectivity index (χ0n) is 19.3. The van der Waals surface area contributed by atoms with Crippen LogP contribution in [0.5, 0.6) is 5.75 Å². The first-order valence-corrected chi connectivity index (χ1v) is 11.6. The number of piperazine rings is 1. The van der Waals surface area contributed by atoms with Crippen LogP contribution in [0.15, 0.2) is 48.5 Å². The standard InChI is InChI=1S/C25H29N5O4/c1-25(20-5-3-2-4-6-20)23(32)30(24(33)26-25)27-22(31)17-29-12-10-28(11-13-29)16-18-7-8-21-19(15-18)9-14-34-21/h2-8,15H,9-14,16-17H2,1H3,(H,26,33)(H,27,31)/t25-/m0/s1. The van der Waals surface area contributed by atoms with E-state index in [0.717, 1.165) is 56.5 Å². The molecule has 4 amide bonds. The van der Waals surface area contributed by atoms with Crippen molar-refractivity contribution in [2.75, 3.05) is 39.3 Å². The first-order valence-electron chi connectivity index (χ1n) is 11.6. The van der Waals surface area contributed by atoms with Gasteiger partial charge in [0.1, 0.15) is 11.3 Å². The molecule has 9 nitrogen and oxygen atoms in total. The van der Waals surface area contributed by atoms with E-state index in [0.29, 0.717) is 5.56 Å². The molecule has 0 radical (unpaired) electrons. The van der Waals surface area contributed by atoms with Crippen LogP contribution in [0.3, 0.4) is 0 Å². The molecule has 5 rings (SSSR count). The SMILES string of the molecule is C[C@@]1(c2ccccc2)NC(=O)N(NC(=O)CN2CCN(Cc3ccc4c(c3)CCO4)CC2)C1=O. The molecule has 2 aromatic carbocycles. The molecule has 0 bridgehead atoms. The Morgan fingerprint density at radius 3 is 2.56 bits per heavy atom. The minimum absolute atomic E-state index is 0.128. The highest BCUT2D eigenvalue weighted by molar-refractivity contribution is 6.08. The van der Waals surface area contributed by atoms with E-state index in [9.17, 15) is 14.4 Å². The minimum Gasteiger partial charge on any atom is -0.493 e. The number of hydrazine groups is 1. The van der Waals surface area contributed by atoms with E-state index < -0.39 is 17.5 Å². The summed E-state index contributed by atoms with van der Waals surface area (Å²) in [6.45, 7) is 6.56. The maximum atomic E-state index is 13.0. The van der Waals surface area contributed by atoms with E-state index in [-0.39, 0.29) is 12.5 Å². The second kappa shape index (κ2) is 9.08. The fraction of sp³-hybridized carbons (Fsp3) is 0.400. The normalized spacial score (nSPS) is 22.9. The first-order chi connectivity index (χ1) is 16.4. The fourth-order valence-corrected chi connectivity index (χ4v) is 4.77. The number of hydrogen-bond acceptors (Lipinski definition) is 6. The first kappa shape index (κ1) is 22.4. The summed E-state index contributed by atoms with van der Waals surface area (Å²) in [5.41, 5.74) is 4.50. The van der Waals surface area contributed by atoms with Crippen LogP contribution in [0.1, 0.15) is 23.6 Å². The lowest BCUT2D eigenvalue weighted by Crippen LogP contribution is -2.53. The number of amides is 4. The number of carbonyl (C=O) groups excluding carboxylic acids is 3. The Kier molecular flexibility index (Phi) is 5.97. The molecule has 34 heavy (non-hydrogen) atoms. The van der Waals surface area contributed by atoms with E-state index in [2.05, 4.69) is 33.8 Å². The smallest absolute Gasteiger partial charge is 0.344 e. The number of fused-ring (bicyclic) bond motifs is 1. The fourth-order valence-electron chi connectivity index (χ4n) is 4.77. The van der Waals surface area contributed by atoms with Crippen LogP contribution in [-0.2, 0) is 28.1 Å². The number of carbonyl (C=O) groups is 3. The van der Waals surface area contributed by atoms with Gasteiger partial charge in [0.25, 0.3) is 11.8 Å². The summed E-state index contributed by atoms with van der Waals surface area (Å²) in [4.78, 5) is 42.4. The maximum Gasteiger partial charge on any atom is 0.344 e. The van der Waals surface area contributed by atoms with Crippen LogP contribution in [0.25, 0.3) is 0 Å². The van der Waals surface area contributed by atoms with E-state index in [1.165, 1.54) is 11.1 Å². The van der Waals surface area contributed by atoms with Gasteiger partial charge in [-0.1, -0.05) is 42.5 Å². The number of nitrogens with one attached hydrogen (secondary N) is 2. The third kappa shape index (κ3) is 4.36. The molecule has 0 saturated carbocycles. The van der Waals surface area contributed by atoms with Crippen molar-refractivity contribution >= 4 is 17.8 Å². The highest BCUT2D eigenvalue weighted by Crippen LogP contribution is 2.28. The highest BCUT2D eigenvalue weighted by Gasteiger charge is 2.50. The van der Waals surface area contributed by atoms with Crippen LogP contribution in [0.2, 0.25) is 0 Å². The molecular weight excluding hydrogens is 434 g/mol. The van der Waals surface area contributed by atoms with Crippen LogP contribution in [0, 0.1) is 0 Å². The number of nitrogens with zero attached hydrogens (tertiary/aromatic N) is 3. The van der Waals surface area contributed by atoms with Crippen LogP contribution in [-0.4, -0.2) is 72.0 Å². The van der Waals surface area contributed by atoms with Crippen LogP contribution < -0.4 is 15.5 Å². The quantitative estimate of drug-likeness (QED) is 0.626. The molecule has 0 aromatic heterocycles. The molecule has 0 aliphatic carbocycles. The predicted molar refractivity (Wildman–Crippen MR) is 125 cm³/mol. The Hall–Kier alpha value is -3.43. The van der Waals surface area contributed by atoms with Gasteiger partial charge < -0.3 is 10.1 Å². The summed E-state index contributed by atoms with van der Waals surface area (Å²) < 4.78 is 5.58. The molecule has 2 fully saturated rings. The van der Waals surface area contributed by atoms with Gasteiger partial charge in [0.2, 0.25) is 0 Å². The Bertz CT molecular complexity index is 1100. The second-order valence-corrected chi connectivity index (χ2v) is 9.19. The number of imide groups is 1. The van der Waals surface area contributed by atoms with E-state index in [1.54, 1.807) is 31.2 Å². The predicted octanol–water partition coefficient (Wildman–Crippen LogP) is 1.24. The van der Waals surface area contributed by atoms with Crippen molar-refractivity contribution in [3.63, 3.8) is 0 Å². The average Bonchev–Trinajstić information content (AvgIpc) is 3.39. The summed E-state index contributed by atoms with van der Waals surface area (Å²) >= 11 is 0. The molecule has 3 aliphatic rings. The molecule has 2 saturated heterocycles. The highest BCUT2D eigenvalue weighted by atomic mass is 16.5. The van der Waals surface area contributed by atoms with Gasteiger partial charge in [0.05, 0.1) is 13.2 Å². The lowest BCUT2D eigenvalue weighted by molar-refractivity contribution is -0.139. The topological polar surface area (TPSA) is 94.2 Å². The second-order valence-electron chi connectivity index (χ2n) is 9.19. The zero-order valence-corrected chi connectivity index (χ0v) is 19.3. The van der Waals surface area contributed by atoms with Crippen molar-refractivity contribution in [1.29, 1.82) is 0 Å². The molecule has 0 unspecified atom stereocenters. The Morgan fingerprint density at radius 1 is 1.06 bits per heavy atom. The van der Waals surface area contributed by atoms with Gasteiger partial charge in [-0.2, -0.15) is 5.01 Å². The lowest BCUT2D eigenvalue weighted by Gasteiger charge is -2.34. The number of ether oxygens (including phenoxy) is 1. The molecular formula is C25H29N5O4. The van der Waals surface area contributed by atoms with Crippen molar-refractivity contribution in [1.82, 2.24) is 25.6 Å². The van der Waals surface area contributed by atoms with Gasteiger partial charge in [-0.25, -0.2) is 4.79 Å². The molecule has 1 atom stereocenters. The summed E-state index contributed by atoms with van der Waals surface area (Å²) in [6.07, 6.45) is 0.966. The maximum absolute atomic E-state index is 13.0. The van der Waals surface area contributed by atoms with Crippen LogP contribution >= 0.6 is 0 Å². The van der Waals surface area contributed by atoms with Gasteiger partial charge in [-0.3, -0.25) is 24.8 Å². The molecule has 0 spiro atoms. The molecule has 9 heteroatoms. The van der Waals surface area contributed by atoms with Gasteiger partial charge in [-0.05, 0) is 29.7 Å². The largest absolute Gasteiger partial charge is 0.493 e. The van der Waals surface area contributed by atoms with Gasteiger partial charge in [-0.15, -0.1) is 0 Å². The summed E-state index contributed by atoms with van der Waals surface area (Å²) in [7, 11) is 0. The molecule has 3 heterocycles. The van der Waals surface area contributed by atoms with Crippen molar-refractivity contribution in [3.05, 3.63) is 65.2 Å². The van der Waals surface area contributed by atoms with Crippen molar-refractivity contribution in [2.45, 2.75) is 25.4 Å². The Morgan fingerprint density at radius 2 is 1.79 bits per heavy atom. The number of urea groups is 1. The Balaban J connectivity index is 1.11. The van der Waals surface area contributed by atoms with E-state index in [1.807, 2.05) is 11.0 Å². The number of rotatable bonds is 6. The van der Waals surface area contributed by atoms with Crippen LogP contribution in [0.4, 0.5) is 4.79 Å². The Labute approximate surface area is 198 Å². The van der Waals surface area contributed by atoms with Gasteiger partial charge >= 0.3 is 6.03 Å². The van der Waals surface area contributed by atoms with Crippen molar-refractivity contribution in [3.8, 4) is 5.75 Å². The minimum atomic E-state index is -1.21. The third-order valence-electron chi connectivity index (χ3n) is 6.77. The molecule has 2 aromatic rings. The van der Waals surface area contributed by atoms with Gasteiger partial charge in [0, 0.05) is 39.1 Å². The molecule has 2 N–H and O–H groups in total. The summed E-state index contributed by atoms with van der Waals surface area (Å²) in [5, 5.41) is 3.49. The molecule has 178 valence electrons. The summed E-state index contributed by atoms with van der Waals surface area (Å²) in [5.74, 6) is 0.114. The summed E-state index contributed by atoms with van der Waals surface area (Å²) in [6, 6.07) is 14.8. The van der Waals surface area contributed by atoms with Crippen molar-refractivity contribution in [2.24, 2.45) is 0 Å². The molecule has 3 aliphatic heterocycles. The van der Waals surface area contributed by atoms with Gasteiger partial charge in [0.15, 0.2) is 0 Å². The lowest BCUT2D eigenvalue weighted by atomic mass is 9.92. The monoisotopic (exact) mass is 463 g/mol. The van der Waals surface area contributed by atoms with E-state index in [4.69, 9.17) is 4.74 Å². The third-order valence-corrected chi connectivity index (χ3v) is 6.77. The number of benzene rings is 2.